The number of nitrogens with one attached hydrogen (secondary N) is 1. The van der Waals surface area contributed by atoms with Gasteiger partial charge in [0.15, 0.2) is 0 Å². The Hall–Kier alpha value is -3.31. The van der Waals surface area contributed by atoms with E-state index in [4.69, 9.17) is 4.98 Å². The average molecular weight is 457 g/mol. The van der Waals surface area contributed by atoms with Crippen molar-refractivity contribution in [2.24, 2.45) is 0 Å². The predicted molar refractivity (Wildman–Crippen MR) is 137 cm³/mol. The third-order valence-electron chi connectivity index (χ3n) is 5.82. The number of hydrogen-bond acceptors (Lipinski definition) is 3. The number of fused-ring (bicyclic) bond motifs is 1. The predicted octanol–water partition coefficient (Wildman–Crippen LogP) is 5.70. The number of hydrogen-bond donors (Lipinski definition) is 1. The molecule has 4 rings (SSSR count). The monoisotopic (exact) mass is 456 g/mol. The maximum atomic E-state index is 13.8. The van der Waals surface area contributed by atoms with Gasteiger partial charge in [0.05, 0.1) is 22.8 Å². The van der Waals surface area contributed by atoms with Gasteiger partial charge in [0.1, 0.15) is 0 Å². The van der Waals surface area contributed by atoms with E-state index in [9.17, 15) is 9.00 Å². The van der Waals surface area contributed by atoms with Crippen molar-refractivity contribution in [1.29, 1.82) is 0 Å². The van der Waals surface area contributed by atoms with Crippen LogP contribution in [-0.2, 0) is 17.2 Å². The fourth-order valence-electron chi connectivity index (χ4n) is 4.17. The summed E-state index contributed by atoms with van der Waals surface area (Å²) >= 11 is 0. The molecule has 0 fully saturated rings. The Morgan fingerprint density at radius 1 is 0.939 bits per heavy atom. The third-order valence-corrected chi connectivity index (χ3v) is 6.60. The number of carbonyl (C=O) groups is 1. The van der Waals surface area contributed by atoms with Crippen LogP contribution in [0.15, 0.2) is 84.9 Å². The van der Waals surface area contributed by atoms with Gasteiger partial charge in [-0.15, -0.1) is 0 Å². The number of para-hydroxylation sites is 1. The molecule has 5 heteroatoms. The van der Waals surface area contributed by atoms with E-state index in [0.29, 0.717) is 17.7 Å². The maximum Gasteiger partial charge on any atom is 0.252 e. The SMILES string of the molecule is CC[C@H](NC(=O)c1c(CCS(C)=O)c(-c2ccccc2)nc2ccccc12)c1ccccc1. The van der Waals surface area contributed by atoms with Gasteiger partial charge >= 0.3 is 0 Å². The van der Waals surface area contributed by atoms with Gasteiger partial charge in [0.2, 0.25) is 0 Å². The van der Waals surface area contributed by atoms with Crippen LogP contribution in [0.2, 0.25) is 0 Å². The molecule has 0 aliphatic carbocycles. The molecule has 2 atom stereocenters. The summed E-state index contributed by atoms with van der Waals surface area (Å²) in [6.07, 6.45) is 2.98. The first kappa shape index (κ1) is 22.9. The summed E-state index contributed by atoms with van der Waals surface area (Å²) < 4.78 is 12.0. The lowest BCUT2D eigenvalue weighted by Crippen LogP contribution is -2.29. The van der Waals surface area contributed by atoms with Crippen molar-refractivity contribution in [3.63, 3.8) is 0 Å². The molecule has 0 bridgehead atoms. The van der Waals surface area contributed by atoms with Crippen LogP contribution in [0.4, 0.5) is 0 Å². The molecular formula is C28H28N2O2S. The van der Waals surface area contributed by atoms with Gasteiger partial charge in [-0.05, 0) is 30.0 Å². The molecule has 1 aromatic heterocycles. The van der Waals surface area contributed by atoms with Crippen molar-refractivity contribution >= 4 is 27.6 Å². The number of amides is 1. The Kier molecular flexibility index (Phi) is 7.30. The number of aromatic nitrogens is 1. The van der Waals surface area contributed by atoms with Crippen LogP contribution < -0.4 is 5.32 Å². The Balaban J connectivity index is 1.88. The van der Waals surface area contributed by atoms with Gasteiger partial charge in [-0.25, -0.2) is 4.98 Å². The Morgan fingerprint density at radius 3 is 2.24 bits per heavy atom. The minimum atomic E-state index is -0.987. The normalized spacial score (nSPS) is 12.9. The molecule has 3 aromatic carbocycles. The van der Waals surface area contributed by atoms with Crippen molar-refractivity contribution in [1.82, 2.24) is 10.3 Å². The molecule has 0 saturated heterocycles. The summed E-state index contributed by atoms with van der Waals surface area (Å²) in [6.45, 7) is 2.07. The van der Waals surface area contributed by atoms with Crippen molar-refractivity contribution < 1.29 is 9.00 Å². The van der Waals surface area contributed by atoms with Gasteiger partial charge < -0.3 is 5.32 Å². The second-order valence-electron chi connectivity index (χ2n) is 8.07. The Bertz CT molecular complexity index is 1270. The van der Waals surface area contributed by atoms with E-state index in [-0.39, 0.29) is 11.9 Å². The topological polar surface area (TPSA) is 59.1 Å². The molecule has 168 valence electrons. The maximum absolute atomic E-state index is 13.8. The zero-order valence-electron chi connectivity index (χ0n) is 19.0. The van der Waals surface area contributed by atoms with Crippen LogP contribution in [0.3, 0.4) is 0 Å². The molecule has 1 amide bonds. The molecule has 0 aliphatic heterocycles. The van der Waals surface area contributed by atoms with Crippen LogP contribution in [0.5, 0.6) is 0 Å². The third kappa shape index (κ3) is 5.20. The quantitative estimate of drug-likeness (QED) is 0.370. The number of benzene rings is 3. The zero-order valence-corrected chi connectivity index (χ0v) is 19.8. The highest BCUT2D eigenvalue weighted by Gasteiger charge is 2.23. The molecule has 1 unspecified atom stereocenters. The van der Waals surface area contributed by atoms with Gasteiger partial charge in [-0.2, -0.15) is 0 Å². The van der Waals surface area contributed by atoms with Crippen molar-refractivity contribution in [2.75, 3.05) is 12.0 Å². The van der Waals surface area contributed by atoms with E-state index in [1.54, 1.807) is 6.26 Å². The van der Waals surface area contributed by atoms with Gasteiger partial charge in [-0.1, -0.05) is 85.8 Å². The largest absolute Gasteiger partial charge is 0.345 e. The van der Waals surface area contributed by atoms with Crippen molar-refractivity contribution in [3.8, 4) is 11.3 Å². The first-order chi connectivity index (χ1) is 16.1. The summed E-state index contributed by atoms with van der Waals surface area (Å²) in [6, 6.07) is 27.6. The molecular weight excluding hydrogens is 428 g/mol. The summed E-state index contributed by atoms with van der Waals surface area (Å²) in [5.41, 5.74) is 5.04. The highest BCUT2D eigenvalue weighted by Crippen LogP contribution is 2.31. The van der Waals surface area contributed by atoms with Crippen molar-refractivity contribution in [3.05, 3.63) is 102 Å². The summed E-state index contributed by atoms with van der Waals surface area (Å²) in [4.78, 5) is 18.8. The van der Waals surface area contributed by atoms with Crippen LogP contribution in [0.1, 0.15) is 40.9 Å². The summed E-state index contributed by atoms with van der Waals surface area (Å²) in [5.74, 6) is 0.342. The second-order valence-corrected chi connectivity index (χ2v) is 9.62. The molecule has 1 N–H and O–H groups in total. The van der Waals surface area contributed by atoms with E-state index in [0.717, 1.165) is 39.7 Å². The van der Waals surface area contributed by atoms with Crippen LogP contribution in [0, 0.1) is 0 Å². The van der Waals surface area contributed by atoms with Crippen molar-refractivity contribution in [2.45, 2.75) is 25.8 Å². The van der Waals surface area contributed by atoms with E-state index in [1.807, 2.05) is 84.9 Å². The fourth-order valence-corrected chi connectivity index (χ4v) is 4.66. The van der Waals surface area contributed by atoms with E-state index in [1.165, 1.54) is 0 Å². The van der Waals surface area contributed by atoms with E-state index < -0.39 is 10.8 Å². The molecule has 0 radical (unpaired) electrons. The summed E-state index contributed by atoms with van der Waals surface area (Å²) in [5, 5.41) is 4.07. The molecule has 0 aliphatic rings. The minimum Gasteiger partial charge on any atom is -0.345 e. The number of nitrogens with zero attached hydrogens (tertiary/aromatic N) is 1. The zero-order chi connectivity index (χ0) is 23.2. The standard InChI is InChI=1S/C28H28N2O2S/c1-3-24(20-12-6-4-7-13-20)30-28(31)26-22-16-10-11-17-25(22)29-27(21-14-8-5-9-15-21)23(26)18-19-33(2)32/h4-17,24H,3,18-19H2,1-2H3,(H,30,31)/t24-,33?/m0/s1. The highest BCUT2D eigenvalue weighted by molar-refractivity contribution is 7.84. The first-order valence-corrected chi connectivity index (χ1v) is 12.9. The molecule has 1 heterocycles. The molecule has 4 aromatic rings. The smallest absolute Gasteiger partial charge is 0.252 e. The molecule has 0 saturated carbocycles. The van der Waals surface area contributed by atoms with Crippen LogP contribution in [0.25, 0.3) is 22.2 Å². The van der Waals surface area contributed by atoms with Gasteiger partial charge in [-0.3, -0.25) is 9.00 Å². The second kappa shape index (κ2) is 10.5. The lowest BCUT2D eigenvalue weighted by Gasteiger charge is -2.21. The van der Waals surface area contributed by atoms with Gasteiger partial charge in [0.25, 0.3) is 5.91 Å². The highest BCUT2D eigenvalue weighted by atomic mass is 32.2. The molecule has 4 nitrogen and oxygen atoms in total. The number of carbonyl (C=O) groups excluding carboxylic acids is 1. The summed E-state index contributed by atoms with van der Waals surface area (Å²) in [7, 11) is -0.987. The lowest BCUT2D eigenvalue weighted by atomic mass is 9.94. The van der Waals surface area contributed by atoms with E-state index in [2.05, 4.69) is 12.2 Å². The average Bonchev–Trinajstić information content (AvgIpc) is 2.86. The lowest BCUT2D eigenvalue weighted by molar-refractivity contribution is 0.0936. The van der Waals surface area contributed by atoms with Crippen LogP contribution >= 0.6 is 0 Å². The van der Waals surface area contributed by atoms with Crippen LogP contribution in [-0.4, -0.2) is 27.1 Å². The number of rotatable bonds is 8. The van der Waals surface area contributed by atoms with Gasteiger partial charge in [0, 0.05) is 33.8 Å². The van der Waals surface area contributed by atoms with E-state index >= 15 is 0 Å². The molecule has 0 spiro atoms. The fraction of sp³-hybridized carbons (Fsp3) is 0.214. The molecule has 33 heavy (non-hydrogen) atoms. The Morgan fingerprint density at radius 2 is 1.58 bits per heavy atom. The minimum absolute atomic E-state index is 0.0982. The first-order valence-electron chi connectivity index (χ1n) is 11.2. The Labute approximate surface area is 197 Å². The number of pyridine rings is 1.